The third kappa shape index (κ3) is 5.36. The smallest absolute Gasteiger partial charge is 0.276 e. The first-order chi connectivity index (χ1) is 15.5. The minimum atomic E-state index is -3.15. The molecule has 4 rings (SSSR count). The zero-order valence-electron chi connectivity index (χ0n) is 19.5. The van der Waals surface area contributed by atoms with Crippen LogP contribution in [-0.4, -0.2) is 41.9 Å². The van der Waals surface area contributed by atoms with Crippen molar-refractivity contribution < 1.29 is 17.7 Å². The van der Waals surface area contributed by atoms with Crippen LogP contribution in [-0.2, 0) is 21.8 Å². The number of hydrogen-bond acceptors (Lipinski definition) is 5. The lowest BCUT2D eigenvalue weighted by molar-refractivity contribution is 0.0670. The summed E-state index contributed by atoms with van der Waals surface area (Å²) in [5, 5.41) is 4.02. The highest BCUT2D eigenvalue weighted by Gasteiger charge is 2.36. The molecule has 0 N–H and O–H groups in total. The Balaban J connectivity index is 1.61. The van der Waals surface area contributed by atoms with Crippen LogP contribution >= 0.6 is 0 Å². The normalized spacial score (nSPS) is 17.8. The van der Waals surface area contributed by atoms with Crippen molar-refractivity contribution in [2.75, 3.05) is 11.5 Å². The lowest BCUT2D eigenvalue weighted by atomic mass is 9.86. The Bertz CT molecular complexity index is 1240. The van der Waals surface area contributed by atoms with Crippen LogP contribution in [0.25, 0.3) is 11.3 Å². The fourth-order valence-electron chi connectivity index (χ4n) is 4.07. The number of carbonyl (C=O) groups is 1. The van der Waals surface area contributed by atoms with Crippen molar-refractivity contribution in [3.05, 3.63) is 77.0 Å². The third-order valence-electron chi connectivity index (χ3n) is 6.15. The molecule has 3 aromatic rings. The summed E-state index contributed by atoms with van der Waals surface area (Å²) in [4.78, 5) is 15.1. The van der Waals surface area contributed by atoms with Gasteiger partial charge in [0, 0.05) is 24.2 Å². The highest BCUT2D eigenvalue weighted by atomic mass is 32.2. The molecule has 1 atom stereocenters. The average molecular weight is 467 g/mol. The summed E-state index contributed by atoms with van der Waals surface area (Å²) < 4.78 is 29.8. The molecule has 33 heavy (non-hydrogen) atoms. The maximum absolute atomic E-state index is 13.5. The van der Waals surface area contributed by atoms with Crippen LogP contribution in [0.2, 0.25) is 0 Å². The first-order valence-electron chi connectivity index (χ1n) is 11.2. The van der Waals surface area contributed by atoms with Crippen molar-refractivity contribution in [1.82, 2.24) is 10.1 Å². The number of amides is 1. The van der Waals surface area contributed by atoms with E-state index in [0.717, 1.165) is 16.7 Å². The minimum Gasteiger partial charge on any atom is -0.355 e. The van der Waals surface area contributed by atoms with Crippen molar-refractivity contribution in [2.45, 2.75) is 52.1 Å². The van der Waals surface area contributed by atoms with Gasteiger partial charge in [0.25, 0.3) is 5.91 Å². The number of nitrogens with zero attached hydrogens (tertiary/aromatic N) is 2. The van der Waals surface area contributed by atoms with Gasteiger partial charge < -0.3 is 9.42 Å². The molecule has 1 aliphatic rings. The molecule has 6 nitrogen and oxygen atoms in total. The molecular weight excluding hydrogens is 436 g/mol. The summed E-state index contributed by atoms with van der Waals surface area (Å²) in [5.41, 5.74) is 4.32. The monoisotopic (exact) mass is 466 g/mol. The number of sulfone groups is 1. The number of benzene rings is 2. The van der Waals surface area contributed by atoms with Crippen molar-refractivity contribution >= 4 is 15.7 Å². The summed E-state index contributed by atoms with van der Waals surface area (Å²) in [7, 11) is -3.15. The molecule has 7 heteroatoms. The second-order valence-corrected chi connectivity index (χ2v) is 12.1. The second kappa shape index (κ2) is 8.78. The Morgan fingerprint density at radius 3 is 2.33 bits per heavy atom. The van der Waals surface area contributed by atoms with Gasteiger partial charge in [-0.3, -0.25) is 4.79 Å². The van der Waals surface area contributed by atoms with Crippen molar-refractivity contribution in [3.63, 3.8) is 0 Å². The molecule has 0 radical (unpaired) electrons. The predicted octanol–water partition coefficient (Wildman–Crippen LogP) is 4.78. The molecule has 1 saturated heterocycles. The molecule has 0 aliphatic carbocycles. The van der Waals surface area contributed by atoms with Crippen molar-refractivity contribution in [1.29, 1.82) is 0 Å². The standard InChI is InChI=1S/C26H30N2O4S/c1-18-5-9-20(10-6-18)24-15-23(27-32-24)25(29)28(22-13-14-33(30,31)17-22)16-19-7-11-21(12-8-19)26(2,3)4/h5-12,15,22H,13-14,16-17H2,1-4H3. The van der Waals surface area contributed by atoms with E-state index in [-0.39, 0.29) is 34.6 Å². The van der Waals surface area contributed by atoms with Crippen LogP contribution in [0.1, 0.15) is 54.4 Å². The Kier molecular flexibility index (Phi) is 6.18. The van der Waals surface area contributed by atoms with E-state index in [1.165, 1.54) is 5.56 Å². The Morgan fingerprint density at radius 1 is 1.09 bits per heavy atom. The topological polar surface area (TPSA) is 80.5 Å². The van der Waals surface area contributed by atoms with Gasteiger partial charge in [0.15, 0.2) is 21.3 Å². The zero-order chi connectivity index (χ0) is 23.8. The number of hydrogen-bond donors (Lipinski definition) is 0. The fraction of sp³-hybridized carbons (Fsp3) is 0.385. The molecule has 0 saturated carbocycles. The SMILES string of the molecule is Cc1ccc(-c2cc(C(=O)N(Cc3ccc(C(C)(C)C)cc3)C3CCS(=O)(=O)C3)no2)cc1. The fourth-order valence-corrected chi connectivity index (χ4v) is 5.80. The first kappa shape index (κ1) is 23.2. The molecular formula is C26H30N2O4S. The van der Waals surface area contributed by atoms with Crippen molar-refractivity contribution in [3.8, 4) is 11.3 Å². The van der Waals surface area contributed by atoms with Crippen LogP contribution in [0.15, 0.2) is 59.1 Å². The summed E-state index contributed by atoms with van der Waals surface area (Å²) >= 11 is 0. The highest BCUT2D eigenvalue weighted by molar-refractivity contribution is 7.91. The van der Waals surface area contributed by atoms with Gasteiger partial charge in [0.05, 0.1) is 11.5 Å². The molecule has 1 aromatic heterocycles. The van der Waals surface area contributed by atoms with Gasteiger partial charge in [-0.2, -0.15) is 0 Å². The van der Waals surface area contributed by atoms with E-state index in [2.05, 4.69) is 38.1 Å². The van der Waals surface area contributed by atoms with Crippen LogP contribution in [0.5, 0.6) is 0 Å². The quantitative estimate of drug-likeness (QED) is 0.541. The van der Waals surface area contributed by atoms with E-state index >= 15 is 0 Å². The van der Waals surface area contributed by atoms with E-state index in [9.17, 15) is 13.2 Å². The summed E-state index contributed by atoms with van der Waals surface area (Å²) in [6.07, 6.45) is 0.427. The van der Waals surface area contributed by atoms with Gasteiger partial charge in [-0.1, -0.05) is 80.0 Å². The lowest BCUT2D eigenvalue weighted by Crippen LogP contribution is -2.40. The van der Waals surface area contributed by atoms with Gasteiger partial charge in [-0.25, -0.2) is 8.42 Å². The van der Waals surface area contributed by atoms with Crippen LogP contribution in [0.3, 0.4) is 0 Å². The Morgan fingerprint density at radius 2 is 1.76 bits per heavy atom. The molecule has 1 unspecified atom stereocenters. The number of carbonyl (C=O) groups excluding carboxylic acids is 1. The van der Waals surface area contributed by atoms with E-state index in [4.69, 9.17) is 4.52 Å². The summed E-state index contributed by atoms with van der Waals surface area (Å²) in [6.45, 7) is 8.77. The Hall–Kier alpha value is -2.93. The molecule has 1 amide bonds. The summed E-state index contributed by atoms with van der Waals surface area (Å²) in [6, 6.07) is 17.2. The van der Waals surface area contributed by atoms with Crippen LogP contribution in [0, 0.1) is 6.92 Å². The number of rotatable bonds is 5. The van der Waals surface area contributed by atoms with Gasteiger partial charge >= 0.3 is 0 Å². The van der Waals surface area contributed by atoms with E-state index < -0.39 is 9.84 Å². The first-order valence-corrected chi connectivity index (χ1v) is 13.0. The molecule has 2 heterocycles. The average Bonchev–Trinajstić information content (AvgIpc) is 3.38. The minimum absolute atomic E-state index is 0.0263. The summed E-state index contributed by atoms with van der Waals surface area (Å²) in [5.74, 6) is 0.255. The highest BCUT2D eigenvalue weighted by Crippen LogP contribution is 2.27. The van der Waals surface area contributed by atoms with Crippen LogP contribution in [0.4, 0.5) is 0 Å². The van der Waals surface area contributed by atoms with Gasteiger partial charge in [-0.15, -0.1) is 0 Å². The van der Waals surface area contributed by atoms with Gasteiger partial charge in [0.2, 0.25) is 0 Å². The maximum atomic E-state index is 13.5. The van der Waals surface area contributed by atoms with E-state index in [0.29, 0.717) is 18.7 Å². The molecule has 0 spiro atoms. The maximum Gasteiger partial charge on any atom is 0.276 e. The zero-order valence-corrected chi connectivity index (χ0v) is 20.4. The second-order valence-electron chi connectivity index (χ2n) is 9.88. The van der Waals surface area contributed by atoms with E-state index in [1.54, 1.807) is 11.0 Å². The lowest BCUT2D eigenvalue weighted by Gasteiger charge is -2.28. The molecule has 174 valence electrons. The van der Waals surface area contributed by atoms with Gasteiger partial charge in [-0.05, 0) is 29.9 Å². The van der Waals surface area contributed by atoms with E-state index in [1.807, 2.05) is 43.3 Å². The van der Waals surface area contributed by atoms with Gasteiger partial charge in [0.1, 0.15) is 0 Å². The molecule has 2 aromatic carbocycles. The third-order valence-corrected chi connectivity index (χ3v) is 7.90. The number of aromatic nitrogens is 1. The molecule has 0 bridgehead atoms. The van der Waals surface area contributed by atoms with Crippen molar-refractivity contribution in [2.24, 2.45) is 0 Å². The number of aryl methyl sites for hydroxylation is 1. The van der Waals surface area contributed by atoms with Crippen LogP contribution < -0.4 is 0 Å². The largest absolute Gasteiger partial charge is 0.355 e. The predicted molar refractivity (Wildman–Crippen MR) is 129 cm³/mol. The Labute approximate surface area is 195 Å². The molecule has 1 fully saturated rings. The molecule has 1 aliphatic heterocycles.